The van der Waals surface area contributed by atoms with E-state index in [4.69, 9.17) is 26.8 Å². The number of carbonyl (C=O) groups excluding carboxylic acids is 2. The van der Waals surface area contributed by atoms with Crippen molar-refractivity contribution >= 4 is 29.0 Å². The minimum atomic E-state index is -0.635. The van der Waals surface area contributed by atoms with Crippen LogP contribution in [0.15, 0.2) is 71.2 Å². The zero-order chi connectivity index (χ0) is 24.6. The third-order valence-corrected chi connectivity index (χ3v) is 6.54. The van der Waals surface area contributed by atoms with Crippen LogP contribution in [0.1, 0.15) is 45.1 Å². The second-order valence-electron chi connectivity index (χ2n) is 9.34. The summed E-state index contributed by atoms with van der Waals surface area (Å²) < 4.78 is 10.7. The van der Waals surface area contributed by atoms with Gasteiger partial charge in [-0.15, -0.1) is 0 Å². The Bertz CT molecular complexity index is 1180. The molecule has 0 aromatic heterocycles. The van der Waals surface area contributed by atoms with Crippen molar-refractivity contribution in [3.8, 4) is 5.75 Å². The standard InChI is InChI=1S/C27H29ClN2O4/c1-5-34-26(32)24-22(16-6-8-17(28)9-7-16)23-20(14-27(2,3)15-21(23)31)30(25(24)29)18-10-12-19(33-4)13-11-18/h6-13,22H,5,14-15,29H2,1-4H3/t22-/m0/s1. The maximum Gasteiger partial charge on any atom is 0.338 e. The normalized spacial score (nSPS) is 19.7. The average molecular weight is 481 g/mol. The molecule has 0 bridgehead atoms. The summed E-state index contributed by atoms with van der Waals surface area (Å²) in [5, 5.41) is 0.569. The number of ketones is 1. The summed E-state index contributed by atoms with van der Waals surface area (Å²) in [5.41, 5.74) is 9.65. The van der Waals surface area contributed by atoms with Gasteiger partial charge < -0.3 is 15.2 Å². The zero-order valence-corrected chi connectivity index (χ0v) is 20.6. The lowest BCUT2D eigenvalue weighted by molar-refractivity contribution is -0.138. The third-order valence-electron chi connectivity index (χ3n) is 6.29. The van der Waals surface area contributed by atoms with Crippen LogP contribution >= 0.6 is 11.6 Å². The molecule has 1 atom stereocenters. The number of benzene rings is 2. The number of ether oxygens (including phenoxy) is 2. The van der Waals surface area contributed by atoms with Crippen molar-refractivity contribution in [2.45, 2.75) is 39.5 Å². The fourth-order valence-corrected chi connectivity index (χ4v) is 4.96. The third kappa shape index (κ3) is 4.30. The molecule has 0 fully saturated rings. The van der Waals surface area contributed by atoms with Gasteiger partial charge >= 0.3 is 5.97 Å². The smallest absolute Gasteiger partial charge is 0.338 e. The molecular weight excluding hydrogens is 452 g/mol. The molecule has 0 amide bonds. The lowest BCUT2D eigenvalue weighted by atomic mass is 9.68. The topological polar surface area (TPSA) is 81.9 Å². The SMILES string of the molecule is CCOC(=O)C1=C(N)N(c2ccc(OC)cc2)C2=C(C(=O)CC(C)(C)C2)[C@@H]1c1ccc(Cl)cc1. The van der Waals surface area contributed by atoms with E-state index in [0.717, 1.165) is 16.9 Å². The number of hydrogen-bond acceptors (Lipinski definition) is 6. The van der Waals surface area contributed by atoms with Gasteiger partial charge in [-0.1, -0.05) is 37.6 Å². The number of anilines is 1. The molecule has 0 saturated heterocycles. The fraction of sp³-hybridized carbons (Fsp3) is 0.333. The second-order valence-corrected chi connectivity index (χ2v) is 9.78. The minimum Gasteiger partial charge on any atom is -0.497 e. The molecular formula is C27H29ClN2O4. The lowest BCUT2D eigenvalue weighted by Crippen LogP contribution is -2.43. The summed E-state index contributed by atoms with van der Waals surface area (Å²) in [4.78, 5) is 28.8. The highest BCUT2D eigenvalue weighted by Gasteiger charge is 2.46. The number of nitrogens with zero attached hydrogens (tertiary/aromatic N) is 1. The summed E-state index contributed by atoms with van der Waals surface area (Å²) in [6.07, 6.45) is 1.00. The predicted octanol–water partition coefficient (Wildman–Crippen LogP) is 5.33. The number of rotatable bonds is 5. The van der Waals surface area contributed by atoms with Crippen molar-refractivity contribution in [2.75, 3.05) is 18.6 Å². The predicted molar refractivity (Wildman–Crippen MR) is 133 cm³/mol. The molecule has 0 spiro atoms. The van der Waals surface area contributed by atoms with Gasteiger partial charge in [0.05, 0.1) is 25.2 Å². The van der Waals surface area contributed by atoms with Gasteiger partial charge in [-0.05, 0) is 60.7 Å². The molecule has 2 aromatic rings. The Labute approximate surface area is 205 Å². The molecule has 34 heavy (non-hydrogen) atoms. The number of methoxy groups -OCH3 is 1. The highest BCUT2D eigenvalue weighted by molar-refractivity contribution is 6.30. The number of Topliss-reactive ketones (excluding diaryl/α,β-unsaturated/α-hetero) is 1. The summed E-state index contributed by atoms with van der Waals surface area (Å²) in [6, 6.07) is 14.6. The molecule has 1 aliphatic heterocycles. The second kappa shape index (κ2) is 9.18. The molecule has 1 aliphatic carbocycles. The minimum absolute atomic E-state index is 0.000917. The van der Waals surface area contributed by atoms with Crippen molar-refractivity contribution in [3.05, 3.63) is 81.8 Å². The van der Waals surface area contributed by atoms with Gasteiger partial charge in [0, 0.05) is 28.4 Å². The van der Waals surface area contributed by atoms with Gasteiger partial charge in [0.25, 0.3) is 0 Å². The van der Waals surface area contributed by atoms with Crippen LogP contribution in [-0.2, 0) is 14.3 Å². The van der Waals surface area contributed by atoms with E-state index in [-0.39, 0.29) is 29.2 Å². The Morgan fingerprint density at radius 3 is 2.35 bits per heavy atom. The van der Waals surface area contributed by atoms with Gasteiger partial charge in [0.15, 0.2) is 5.78 Å². The molecule has 178 valence electrons. The van der Waals surface area contributed by atoms with E-state index in [1.165, 1.54) is 0 Å². The Morgan fingerprint density at radius 2 is 1.76 bits per heavy atom. The van der Waals surface area contributed by atoms with Gasteiger partial charge in [-0.25, -0.2) is 4.79 Å². The Balaban J connectivity index is 2.00. The molecule has 2 aromatic carbocycles. The Hall–Kier alpha value is -3.25. The molecule has 0 saturated carbocycles. The maximum atomic E-state index is 13.7. The molecule has 0 unspecified atom stereocenters. The first-order chi connectivity index (χ1) is 16.2. The summed E-state index contributed by atoms with van der Waals surface area (Å²) >= 11 is 6.13. The van der Waals surface area contributed by atoms with Gasteiger partial charge in [0.1, 0.15) is 11.6 Å². The monoisotopic (exact) mass is 480 g/mol. The molecule has 7 heteroatoms. The van der Waals surface area contributed by atoms with E-state index in [0.29, 0.717) is 29.2 Å². The van der Waals surface area contributed by atoms with Crippen molar-refractivity contribution in [1.29, 1.82) is 0 Å². The largest absolute Gasteiger partial charge is 0.497 e. The van der Waals surface area contributed by atoms with E-state index >= 15 is 0 Å². The Morgan fingerprint density at radius 1 is 1.12 bits per heavy atom. The van der Waals surface area contributed by atoms with E-state index in [1.54, 1.807) is 26.2 Å². The number of halogens is 1. The van der Waals surface area contributed by atoms with E-state index < -0.39 is 11.9 Å². The molecule has 4 rings (SSSR count). The first-order valence-corrected chi connectivity index (χ1v) is 11.7. The maximum absolute atomic E-state index is 13.7. The van der Waals surface area contributed by atoms with Crippen LogP contribution in [0.3, 0.4) is 0 Å². The van der Waals surface area contributed by atoms with E-state index in [9.17, 15) is 9.59 Å². The first kappa shape index (κ1) is 23.9. The first-order valence-electron chi connectivity index (χ1n) is 11.3. The van der Waals surface area contributed by atoms with Crippen LogP contribution in [0, 0.1) is 5.41 Å². The number of hydrogen-bond donors (Lipinski definition) is 1. The molecule has 6 nitrogen and oxygen atoms in total. The molecule has 0 radical (unpaired) electrons. The van der Waals surface area contributed by atoms with Gasteiger partial charge in [-0.3, -0.25) is 9.69 Å². The van der Waals surface area contributed by atoms with Gasteiger partial charge in [-0.2, -0.15) is 0 Å². The number of esters is 1. The average Bonchev–Trinajstić information content (AvgIpc) is 2.78. The van der Waals surface area contributed by atoms with Crippen LogP contribution in [-0.4, -0.2) is 25.5 Å². The van der Waals surface area contributed by atoms with Crippen LogP contribution in [0.2, 0.25) is 5.02 Å². The fourth-order valence-electron chi connectivity index (χ4n) is 4.83. The highest BCUT2D eigenvalue weighted by atomic mass is 35.5. The van der Waals surface area contributed by atoms with Crippen LogP contribution < -0.4 is 15.4 Å². The van der Waals surface area contributed by atoms with Crippen molar-refractivity contribution < 1.29 is 19.1 Å². The van der Waals surface area contributed by atoms with Crippen LogP contribution in [0.4, 0.5) is 5.69 Å². The molecule has 2 N–H and O–H groups in total. The quantitative estimate of drug-likeness (QED) is 0.582. The van der Waals surface area contributed by atoms with Crippen LogP contribution in [0.5, 0.6) is 5.75 Å². The van der Waals surface area contributed by atoms with Crippen LogP contribution in [0.25, 0.3) is 0 Å². The number of carbonyl (C=O) groups is 2. The summed E-state index contributed by atoms with van der Waals surface area (Å²) in [6.45, 7) is 6.07. The summed E-state index contributed by atoms with van der Waals surface area (Å²) in [5.74, 6) is -0.221. The molecule has 2 aliphatic rings. The van der Waals surface area contributed by atoms with Crippen molar-refractivity contribution in [1.82, 2.24) is 0 Å². The van der Waals surface area contributed by atoms with Crippen molar-refractivity contribution in [3.63, 3.8) is 0 Å². The molecule has 1 heterocycles. The van der Waals surface area contributed by atoms with Gasteiger partial charge in [0.2, 0.25) is 0 Å². The van der Waals surface area contributed by atoms with E-state index in [1.807, 2.05) is 41.3 Å². The number of allylic oxidation sites excluding steroid dienone is 2. The zero-order valence-electron chi connectivity index (χ0n) is 19.9. The van der Waals surface area contributed by atoms with Crippen molar-refractivity contribution in [2.24, 2.45) is 11.1 Å². The van der Waals surface area contributed by atoms with E-state index in [2.05, 4.69) is 13.8 Å². The number of nitrogens with two attached hydrogens (primary N) is 1. The summed E-state index contributed by atoms with van der Waals surface area (Å²) in [7, 11) is 1.60. The lowest BCUT2D eigenvalue weighted by Gasteiger charge is -2.44. The highest BCUT2D eigenvalue weighted by Crippen LogP contribution is 2.50. The Kier molecular flexibility index (Phi) is 6.45.